The Labute approximate surface area is 109 Å². The predicted octanol–water partition coefficient (Wildman–Crippen LogP) is 2.25. The van der Waals surface area contributed by atoms with E-state index >= 15 is 0 Å². The zero-order valence-electron chi connectivity index (χ0n) is 11.6. The van der Waals surface area contributed by atoms with Crippen molar-refractivity contribution >= 4 is 0 Å². The molecule has 0 saturated heterocycles. The van der Waals surface area contributed by atoms with Gasteiger partial charge < -0.3 is 10.1 Å². The number of hydrogen-bond donors (Lipinski definition) is 1. The van der Waals surface area contributed by atoms with Gasteiger partial charge in [0.2, 0.25) is 0 Å². The van der Waals surface area contributed by atoms with E-state index in [0.717, 1.165) is 31.0 Å². The Kier molecular flexibility index (Phi) is 4.30. The normalized spacial score (nSPS) is 18.6. The molecule has 0 bridgehead atoms. The average molecular weight is 249 g/mol. The molecule has 1 aliphatic carbocycles. The van der Waals surface area contributed by atoms with Crippen molar-refractivity contribution in [3.63, 3.8) is 0 Å². The highest BCUT2D eigenvalue weighted by atomic mass is 16.5. The van der Waals surface area contributed by atoms with Crippen LogP contribution in [-0.4, -0.2) is 30.2 Å². The van der Waals surface area contributed by atoms with Crippen LogP contribution in [0.2, 0.25) is 0 Å². The molecule has 1 atom stereocenters. The summed E-state index contributed by atoms with van der Waals surface area (Å²) in [5.41, 5.74) is 2.54. The number of methoxy groups -OCH3 is 1. The summed E-state index contributed by atoms with van der Waals surface area (Å²) in [5, 5.41) is 3.59. The molecule has 0 spiro atoms. The summed E-state index contributed by atoms with van der Waals surface area (Å²) in [6.07, 6.45) is 7.29. The van der Waals surface area contributed by atoms with Crippen molar-refractivity contribution in [2.24, 2.45) is 5.41 Å². The molecule has 0 aromatic carbocycles. The molecule has 1 heterocycles. The van der Waals surface area contributed by atoms with Crippen molar-refractivity contribution in [2.45, 2.75) is 39.2 Å². The SMILES string of the molecule is COCCC1(CNC(C)c2nccnc2C)CC1. The molecule has 0 amide bonds. The van der Waals surface area contributed by atoms with E-state index < -0.39 is 0 Å². The van der Waals surface area contributed by atoms with Gasteiger partial charge in [0.25, 0.3) is 0 Å². The second-order valence-electron chi connectivity index (χ2n) is 5.37. The monoisotopic (exact) mass is 249 g/mol. The van der Waals surface area contributed by atoms with Crippen LogP contribution in [0.1, 0.15) is 43.6 Å². The highest BCUT2D eigenvalue weighted by Gasteiger charge is 2.41. The van der Waals surface area contributed by atoms with Gasteiger partial charge in [-0.25, -0.2) is 0 Å². The Balaban J connectivity index is 1.85. The second kappa shape index (κ2) is 5.76. The smallest absolute Gasteiger partial charge is 0.0782 e. The summed E-state index contributed by atoms with van der Waals surface area (Å²) in [5.74, 6) is 0. The molecule has 1 unspecified atom stereocenters. The Bertz CT molecular complexity index is 390. The van der Waals surface area contributed by atoms with E-state index in [1.54, 1.807) is 19.5 Å². The Hall–Kier alpha value is -1.00. The lowest BCUT2D eigenvalue weighted by atomic mass is 10.0. The minimum Gasteiger partial charge on any atom is -0.385 e. The third-order valence-corrected chi connectivity index (χ3v) is 3.91. The van der Waals surface area contributed by atoms with Gasteiger partial charge in [-0.3, -0.25) is 9.97 Å². The van der Waals surface area contributed by atoms with Crippen LogP contribution >= 0.6 is 0 Å². The first-order valence-electron chi connectivity index (χ1n) is 6.67. The van der Waals surface area contributed by atoms with E-state index in [4.69, 9.17) is 4.74 Å². The van der Waals surface area contributed by atoms with Crippen molar-refractivity contribution in [3.05, 3.63) is 23.8 Å². The second-order valence-corrected chi connectivity index (χ2v) is 5.37. The molecule has 2 rings (SSSR count). The van der Waals surface area contributed by atoms with Crippen molar-refractivity contribution < 1.29 is 4.74 Å². The zero-order chi connectivity index (χ0) is 13.0. The van der Waals surface area contributed by atoms with Gasteiger partial charge >= 0.3 is 0 Å². The summed E-state index contributed by atoms with van der Waals surface area (Å²) in [7, 11) is 1.77. The summed E-state index contributed by atoms with van der Waals surface area (Å²) in [4.78, 5) is 8.70. The summed E-state index contributed by atoms with van der Waals surface area (Å²) < 4.78 is 5.18. The maximum absolute atomic E-state index is 5.18. The lowest BCUT2D eigenvalue weighted by molar-refractivity contribution is 0.170. The Morgan fingerprint density at radius 3 is 2.72 bits per heavy atom. The molecule has 18 heavy (non-hydrogen) atoms. The predicted molar refractivity (Wildman–Crippen MR) is 71.3 cm³/mol. The Morgan fingerprint density at radius 2 is 2.11 bits per heavy atom. The molecule has 1 aromatic rings. The number of aryl methyl sites for hydroxylation is 1. The molecule has 0 radical (unpaired) electrons. The number of rotatable bonds is 7. The summed E-state index contributed by atoms with van der Waals surface area (Å²) >= 11 is 0. The molecule has 4 heteroatoms. The quantitative estimate of drug-likeness (QED) is 0.805. The van der Waals surface area contributed by atoms with E-state index in [-0.39, 0.29) is 6.04 Å². The third-order valence-electron chi connectivity index (χ3n) is 3.91. The lowest BCUT2D eigenvalue weighted by Gasteiger charge is -2.20. The first kappa shape index (κ1) is 13.4. The van der Waals surface area contributed by atoms with Gasteiger partial charge in [0.05, 0.1) is 11.4 Å². The van der Waals surface area contributed by atoms with Crippen molar-refractivity contribution in [3.8, 4) is 0 Å². The van der Waals surface area contributed by atoms with Crippen LogP contribution in [0.15, 0.2) is 12.4 Å². The molecule has 4 nitrogen and oxygen atoms in total. The van der Waals surface area contributed by atoms with Crippen LogP contribution in [0, 0.1) is 12.3 Å². The van der Waals surface area contributed by atoms with Crippen LogP contribution in [0.4, 0.5) is 0 Å². The van der Waals surface area contributed by atoms with Crippen LogP contribution in [0.25, 0.3) is 0 Å². The minimum atomic E-state index is 0.263. The number of aromatic nitrogens is 2. The molecule has 1 aromatic heterocycles. The van der Waals surface area contributed by atoms with E-state index in [0.29, 0.717) is 5.41 Å². The van der Waals surface area contributed by atoms with Crippen LogP contribution in [0.5, 0.6) is 0 Å². The molecular formula is C14H23N3O. The topological polar surface area (TPSA) is 47.0 Å². The molecular weight excluding hydrogens is 226 g/mol. The molecule has 100 valence electrons. The molecule has 1 saturated carbocycles. The summed E-state index contributed by atoms with van der Waals surface area (Å²) in [6, 6.07) is 0.263. The number of ether oxygens (including phenoxy) is 1. The van der Waals surface area contributed by atoms with Crippen LogP contribution < -0.4 is 5.32 Å². The van der Waals surface area contributed by atoms with Gasteiger partial charge in [0.1, 0.15) is 0 Å². The van der Waals surface area contributed by atoms with Gasteiger partial charge in [0, 0.05) is 38.7 Å². The van der Waals surface area contributed by atoms with E-state index in [1.807, 2.05) is 6.92 Å². The fourth-order valence-electron chi connectivity index (χ4n) is 2.32. The van der Waals surface area contributed by atoms with Gasteiger partial charge in [-0.1, -0.05) is 0 Å². The average Bonchev–Trinajstić information content (AvgIpc) is 3.15. The third kappa shape index (κ3) is 3.27. The maximum Gasteiger partial charge on any atom is 0.0782 e. The van der Waals surface area contributed by atoms with Crippen molar-refractivity contribution in [2.75, 3.05) is 20.3 Å². The van der Waals surface area contributed by atoms with Crippen LogP contribution in [-0.2, 0) is 4.74 Å². The van der Waals surface area contributed by atoms with Crippen molar-refractivity contribution in [1.82, 2.24) is 15.3 Å². The van der Waals surface area contributed by atoms with Crippen molar-refractivity contribution in [1.29, 1.82) is 0 Å². The molecule has 0 aliphatic heterocycles. The number of nitrogens with zero attached hydrogens (tertiary/aromatic N) is 2. The first-order chi connectivity index (χ1) is 8.67. The maximum atomic E-state index is 5.18. The lowest BCUT2D eigenvalue weighted by Crippen LogP contribution is -2.28. The standard InChI is InChI=1S/C14H23N3O/c1-11-13(16-8-7-15-11)12(2)17-10-14(4-5-14)6-9-18-3/h7-8,12,17H,4-6,9-10H2,1-3H3. The van der Waals surface area contributed by atoms with Gasteiger partial charge in [-0.05, 0) is 38.5 Å². The zero-order valence-corrected chi connectivity index (χ0v) is 11.6. The van der Waals surface area contributed by atoms with Gasteiger partial charge in [-0.15, -0.1) is 0 Å². The molecule has 1 fully saturated rings. The van der Waals surface area contributed by atoms with Gasteiger partial charge in [-0.2, -0.15) is 0 Å². The number of nitrogens with one attached hydrogen (secondary N) is 1. The fourth-order valence-corrected chi connectivity index (χ4v) is 2.32. The highest BCUT2D eigenvalue weighted by molar-refractivity contribution is 5.12. The van der Waals surface area contributed by atoms with E-state index in [1.165, 1.54) is 12.8 Å². The van der Waals surface area contributed by atoms with Gasteiger partial charge in [0.15, 0.2) is 0 Å². The summed E-state index contributed by atoms with van der Waals surface area (Å²) in [6.45, 7) is 6.08. The number of hydrogen-bond acceptors (Lipinski definition) is 4. The largest absolute Gasteiger partial charge is 0.385 e. The minimum absolute atomic E-state index is 0.263. The molecule has 1 N–H and O–H groups in total. The fraction of sp³-hybridized carbons (Fsp3) is 0.714. The van der Waals surface area contributed by atoms with E-state index in [2.05, 4.69) is 22.2 Å². The Morgan fingerprint density at radius 1 is 1.39 bits per heavy atom. The molecule has 1 aliphatic rings. The van der Waals surface area contributed by atoms with Crippen LogP contribution in [0.3, 0.4) is 0 Å². The van der Waals surface area contributed by atoms with E-state index in [9.17, 15) is 0 Å². The first-order valence-corrected chi connectivity index (χ1v) is 6.67. The highest BCUT2D eigenvalue weighted by Crippen LogP contribution is 2.48.